The van der Waals surface area contributed by atoms with E-state index in [4.69, 9.17) is 4.74 Å². The second-order valence-corrected chi connectivity index (χ2v) is 13.2. The number of benzene rings is 1. The fourth-order valence-electron chi connectivity index (χ4n) is 3.64. The van der Waals surface area contributed by atoms with Crippen molar-refractivity contribution in [1.82, 2.24) is 15.3 Å². The number of carbonyl (C=O) groups is 4. The van der Waals surface area contributed by atoms with E-state index >= 15 is 0 Å². The van der Waals surface area contributed by atoms with E-state index in [0.29, 0.717) is 17.0 Å². The number of likely N-dealkylation sites (N-methyl/N-ethyl adjacent to an activating group) is 1. The lowest BCUT2D eigenvalue weighted by molar-refractivity contribution is -0.168. The van der Waals surface area contributed by atoms with Crippen LogP contribution < -0.4 is 5.32 Å². The Kier molecular flexibility index (Phi) is 13.1. The van der Waals surface area contributed by atoms with Gasteiger partial charge in [0.25, 0.3) is 5.91 Å². The molecule has 0 aliphatic rings. The zero-order valence-electron chi connectivity index (χ0n) is 24.1. The number of carbonyl (C=O) groups excluding carboxylic acids is 4. The third-order valence-electron chi connectivity index (χ3n) is 6.08. The summed E-state index contributed by atoms with van der Waals surface area (Å²) in [5, 5.41) is 15.7. The highest BCUT2D eigenvalue weighted by atomic mass is 32.2. The lowest BCUT2D eigenvalue weighted by Gasteiger charge is -2.27. The Labute approximate surface area is 245 Å². The number of rotatable bonds is 14. The standard InChI is InChI=1S/C29H41N3O6S2/c1-20(2)14-15-22(27(35)32(37)19-40-24-13-10-16-39-24)25(33)30-17-23(21-11-8-7-9-12-21)26(34)31(6)18-38-28(36)29(3,4)5/h7-13,16,20,22-23,37H,14-15,17-19H2,1-6H3,(H,30,33)/t22-,23?/m0/s1. The summed E-state index contributed by atoms with van der Waals surface area (Å²) in [5.74, 6) is -3.66. The lowest BCUT2D eigenvalue weighted by atomic mass is 9.94. The van der Waals surface area contributed by atoms with Crippen molar-refractivity contribution in [3.63, 3.8) is 0 Å². The number of esters is 1. The molecule has 1 aromatic carbocycles. The summed E-state index contributed by atoms with van der Waals surface area (Å²) in [6.45, 7) is 8.87. The van der Waals surface area contributed by atoms with Gasteiger partial charge in [-0.05, 0) is 56.5 Å². The van der Waals surface area contributed by atoms with Crippen molar-refractivity contribution < 1.29 is 29.1 Å². The fraction of sp³-hybridized carbons (Fsp3) is 0.517. The first-order valence-corrected chi connectivity index (χ1v) is 15.1. The van der Waals surface area contributed by atoms with E-state index in [0.717, 1.165) is 4.21 Å². The van der Waals surface area contributed by atoms with Gasteiger partial charge in [0.1, 0.15) is 5.92 Å². The Morgan fingerprint density at radius 1 is 1.02 bits per heavy atom. The molecule has 9 nitrogen and oxygen atoms in total. The SMILES string of the molecule is CC(C)CC[C@@H](C(=O)NCC(C(=O)N(C)COC(=O)C(C)(C)C)c1ccccc1)C(=O)N(O)CSc1cccs1. The average molecular weight is 592 g/mol. The lowest BCUT2D eigenvalue weighted by Crippen LogP contribution is -2.45. The number of hydroxylamine groups is 2. The van der Waals surface area contributed by atoms with Crippen LogP contribution in [0, 0.1) is 17.3 Å². The topological polar surface area (TPSA) is 116 Å². The zero-order chi connectivity index (χ0) is 29.9. The second kappa shape index (κ2) is 15.8. The van der Waals surface area contributed by atoms with Gasteiger partial charge in [0.2, 0.25) is 11.8 Å². The van der Waals surface area contributed by atoms with Gasteiger partial charge in [-0.15, -0.1) is 11.3 Å². The van der Waals surface area contributed by atoms with Crippen LogP contribution in [0.2, 0.25) is 0 Å². The highest BCUT2D eigenvalue weighted by Gasteiger charge is 2.33. The smallest absolute Gasteiger partial charge is 0.312 e. The minimum absolute atomic E-state index is 0.00594. The van der Waals surface area contributed by atoms with Crippen LogP contribution in [0.3, 0.4) is 0 Å². The van der Waals surface area contributed by atoms with Crippen molar-refractivity contribution in [2.45, 2.75) is 57.6 Å². The van der Waals surface area contributed by atoms with Gasteiger partial charge >= 0.3 is 5.97 Å². The van der Waals surface area contributed by atoms with Crippen molar-refractivity contribution in [3.05, 3.63) is 53.4 Å². The minimum Gasteiger partial charge on any atom is -0.444 e. The van der Waals surface area contributed by atoms with Crippen molar-refractivity contribution >= 4 is 46.8 Å². The van der Waals surface area contributed by atoms with Crippen molar-refractivity contribution in [2.75, 3.05) is 26.2 Å². The molecule has 0 saturated carbocycles. The summed E-state index contributed by atoms with van der Waals surface area (Å²) in [6, 6.07) is 12.7. The monoisotopic (exact) mass is 591 g/mol. The molecule has 0 saturated heterocycles. The predicted octanol–water partition coefficient (Wildman–Crippen LogP) is 4.97. The first kappa shape index (κ1) is 33.3. The highest BCUT2D eigenvalue weighted by molar-refractivity contribution is 8.01. The third kappa shape index (κ3) is 10.6. The van der Waals surface area contributed by atoms with Crippen LogP contribution in [0.1, 0.15) is 58.9 Å². The Morgan fingerprint density at radius 3 is 2.27 bits per heavy atom. The number of hydrogen-bond acceptors (Lipinski definition) is 8. The van der Waals surface area contributed by atoms with Crippen LogP contribution in [0.15, 0.2) is 52.1 Å². The van der Waals surface area contributed by atoms with E-state index in [9.17, 15) is 24.4 Å². The molecule has 2 N–H and O–H groups in total. The molecule has 0 bridgehead atoms. The molecular weight excluding hydrogens is 550 g/mol. The van der Waals surface area contributed by atoms with Crippen LogP contribution >= 0.6 is 23.1 Å². The van der Waals surface area contributed by atoms with Gasteiger partial charge in [0.15, 0.2) is 6.73 Å². The Hall–Kier alpha value is -2.89. The Morgan fingerprint density at radius 2 is 1.70 bits per heavy atom. The molecule has 2 rings (SSSR count). The summed E-state index contributed by atoms with van der Waals surface area (Å²) >= 11 is 2.80. The van der Waals surface area contributed by atoms with E-state index < -0.39 is 35.0 Å². The van der Waals surface area contributed by atoms with E-state index in [2.05, 4.69) is 5.32 Å². The molecule has 0 spiro atoms. The molecule has 2 atom stereocenters. The van der Waals surface area contributed by atoms with Crippen molar-refractivity contribution in [2.24, 2.45) is 17.3 Å². The largest absolute Gasteiger partial charge is 0.444 e. The quantitative estimate of drug-likeness (QED) is 0.0796. The molecular formula is C29H41N3O6S2. The molecule has 0 fully saturated rings. The molecule has 220 valence electrons. The molecule has 40 heavy (non-hydrogen) atoms. The number of thiophene rings is 1. The van der Waals surface area contributed by atoms with Gasteiger partial charge in [-0.3, -0.25) is 24.4 Å². The number of nitrogens with one attached hydrogen (secondary N) is 1. The molecule has 1 heterocycles. The van der Waals surface area contributed by atoms with Gasteiger partial charge < -0.3 is 15.0 Å². The van der Waals surface area contributed by atoms with Gasteiger partial charge in [-0.25, -0.2) is 5.06 Å². The summed E-state index contributed by atoms with van der Waals surface area (Å²) in [6.07, 6.45) is 0.869. The second-order valence-electron chi connectivity index (χ2n) is 11.0. The van der Waals surface area contributed by atoms with E-state index in [1.54, 1.807) is 45.0 Å². The normalized spacial score (nSPS) is 12.9. The maximum Gasteiger partial charge on any atom is 0.312 e. The van der Waals surface area contributed by atoms with Crippen LogP contribution in [0.5, 0.6) is 0 Å². The average Bonchev–Trinajstić information content (AvgIpc) is 3.43. The van der Waals surface area contributed by atoms with Crippen molar-refractivity contribution in [3.8, 4) is 0 Å². The number of ether oxygens (including phenoxy) is 1. The Balaban J connectivity index is 2.13. The molecule has 3 amide bonds. The minimum atomic E-state index is -1.10. The number of thioether (sulfide) groups is 1. The third-order valence-corrected chi connectivity index (χ3v) is 8.18. The molecule has 2 aromatic rings. The molecule has 1 aromatic heterocycles. The van der Waals surface area contributed by atoms with Gasteiger partial charge in [0.05, 0.1) is 21.4 Å². The maximum absolute atomic E-state index is 13.4. The van der Waals surface area contributed by atoms with E-state index in [1.165, 1.54) is 35.0 Å². The molecule has 11 heteroatoms. The number of nitrogens with zero attached hydrogens (tertiary/aromatic N) is 2. The molecule has 0 aliphatic carbocycles. The van der Waals surface area contributed by atoms with E-state index in [1.807, 2.05) is 37.4 Å². The van der Waals surface area contributed by atoms with E-state index in [-0.39, 0.29) is 37.4 Å². The molecule has 1 unspecified atom stereocenters. The summed E-state index contributed by atoms with van der Waals surface area (Å²) < 4.78 is 6.24. The summed E-state index contributed by atoms with van der Waals surface area (Å²) in [7, 11) is 1.53. The van der Waals surface area contributed by atoms with Gasteiger partial charge in [-0.1, -0.05) is 62.0 Å². The van der Waals surface area contributed by atoms with Crippen LogP contribution in [-0.2, 0) is 23.9 Å². The Bertz CT molecular complexity index is 1100. The number of hydrogen-bond donors (Lipinski definition) is 2. The summed E-state index contributed by atoms with van der Waals surface area (Å²) in [5.41, 5.74) is -0.0418. The summed E-state index contributed by atoms with van der Waals surface area (Å²) in [4.78, 5) is 53.3. The fourth-order valence-corrected chi connectivity index (χ4v) is 5.24. The maximum atomic E-state index is 13.4. The molecule has 0 aliphatic heterocycles. The zero-order valence-corrected chi connectivity index (χ0v) is 25.7. The van der Waals surface area contributed by atoms with Crippen molar-refractivity contribution in [1.29, 1.82) is 0 Å². The van der Waals surface area contributed by atoms with Gasteiger partial charge in [-0.2, -0.15) is 0 Å². The first-order valence-electron chi connectivity index (χ1n) is 13.2. The number of amides is 3. The van der Waals surface area contributed by atoms with Crippen LogP contribution in [0.4, 0.5) is 0 Å². The van der Waals surface area contributed by atoms with Crippen LogP contribution in [0.25, 0.3) is 0 Å². The predicted molar refractivity (Wildman–Crippen MR) is 157 cm³/mol. The van der Waals surface area contributed by atoms with Crippen LogP contribution in [-0.4, -0.2) is 65.1 Å². The van der Waals surface area contributed by atoms with Gasteiger partial charge in [0, 0.05) is 13.6 Å². The molecule has 0 radical (unpaired) electrons. The highest BCUT2D eigenvalue weighted by Crippen LogP contribution is 2.25. The first-order chi connectivity index (χ1) is 18.8.